The third kappa shape index (κ3) is 5.86. The number of esters is 2. The average molecular weight is 503 g/mol. The molecular formula is C24H26N2O8S. The zero-order valence-electron chi connectivity index (χ0n) is 19.6. The molecule has 0 fully saturated rings. The minimum absolute atomic E-state index is 0.0204. The van der Waals surface area contributed by atoms with Gasteiger partial charge in [0.15, 0.2) is 9.84 Å². The van der Waals surface area contributed by atoms with Gasteiger partial charge in [-0.05, 0) is 48.4 Å². The highest BCUT2D eigenvalue weighted by Gasteiger charge is 2.26. The molecule has 0 saturated carbocycles. The van der Waals surface area contributed by atoms with Gasteiger partial charge in [0, 0.05) is 30.8 Å². The molecule has 0 unspecified atom stereocenters. The molecule has 2 aromatic carbocycles. The van der Waals surface area contributed by atoms with Crippen LogP contribution in [0.15, 0.2) is 41.3 Å². The van der Waals surface area contributed by atoms with Crippen LogP contribution in [0.2, 0.25) is 0 Å². The first-order valence-corrected chi connectivity index (χ1v) is 12.5. The van der Waals surface area contributed by atoms with E-state index in [9.17, 15) is 27.6 Å². The summed E-state index contributed by atoms with van der Waals surface area (Å²) in [5.74, 6) is -2.53. The molecule has 3 rings (SSSR count). The van der Waals surface area contributed by atoms with Crippen LogP contribution in [-0.4, -0.2) is 58.7 Å². The fourth-order valence-electron chi connectivity index (χ4n) is 3.76. The first-order chi connectivity index (χ1) is 16.6. The third-order valence-electron chi connectivity index (χ3n) is 5.57. The molecule has 1 heterocycles. The van der Waals surface area contributed by atoms with Crippen LogP contribution in [0.3, 0.4) is 0 Å². The number of rotatable bonds is 8. The SMILES string of the molecule is CCC(=O)N1CCc2cc(S(=O)(=O)CCC(=O)Nc3cc(C(=O)OC)cc(C(=O)OC)c3)ccc21. The minimum Gasteiger partial charge on any atom is -0.465 e. The number of fused-ring (bicyclic) bond motifs is 1. The molecule has 1 N–H and O–H groups in total. The topological polar surface area (TPSA) is 136 Å². The maximum atomic E-state index is 12.8. The second-order valence-corrected chi connectivity index (χ2v) is 9.95. The molecule has 0 spiro atoms. The number of nitrogens with one attached hydrogen (secondary N) is 1. The molecule has 1 aliphatic heterocycles. The lowest BCUT2D eigenvalue weighted by Crippen LogP contribution is -2.27. The van der Waals surface area contributed by atoms with Crippen LogP contribution in [0.4, 0.5) is 11.4 Å². The number of amides is 2. The Bertz CT molecular complexity index is 1250. The van der Waals surface area contributed by atoms with Gasteiger partial charge in [0.1, 0.15) is 0 Å². The number of ether oxygens (including phenoxy) is 2. The van der Waals surface area contributed by atoms with Gasteiger partial charge in [0.25, 0.3) is 0 Å². The number of sulfone groups is 1. The summed E-state index contributed by atoms with van der Waals surface area (Å²) in [6.45, 7) is 2.28. The van der Waals surface area contributed by atoms with Crippen molar-refractivity contribution in [3.8, 4) is 0 Å². The van der Waals surface area contributed by atoms with Crippen molar-refractivity contribution < 1.29 is 37.1 Å². The molecule has 35 heavy (non-hydrogen) atoms. The van der Waals surface area contributed by atoms with Gasteiger partial charge >= 0.3 is 11.9 Å². The van der Waals surface area contributed by atoms with Gasteiger partial charge in [0.05, 0.1) is 36.0 Å². The maximum absolute atomic E-state index is 12.8. The molecule has 0 aromatic heterocycles. The number of nitrogens with zero attached hydrogens (tertiary/aromatic N) is 1. The van der Waals surface area contributed by atoms with Gasteiger partial charge in [-0.25, -0.2) is 18.0 Å². The number of hydrogen-bond donors (Lipinski definition) is 1. The molecule has 0 saturated heterocycles. The van der Waals surface area contributed by atoms with Crippen LogP contribution in [0.25, 0.3) is 0 Å². The van der Waals surface area contributed by atoms with Crippen molar-refractivity contribution in [1.82, 2.24) is 0 Å². The highest BCUT2D eigenvalue weighted by atomic mass is 32.2. The number of carbonyl (C=O) groups excluding carboxylic acids is 4. The molecule has 0 bridgehead atoms. The molecular weight excluding hydrogens is 476 g/mol. The lowest BCUT2D eigenvalue weighted by Gasteiger charge is -2.16. The highest BCUT2D eigenvalue weighted by Crippen LogP contribution is 2.31. The van der Waals surface area contributed by atoms with Crippen molar-refractivity contribution in [1.29, 1.82) is 0 Å². The molecule has 10 nitrogen and oxygen atoms in total. The van der Waals surface area contributed by atoms with Crippen molar-refractivity contribution >= 4 is 45.0 Å². The van der Waals surface area contributed by atoms with E-state index in [1.807, 2.05) is 0 Å². The van der Waals surface area contributed by atoms with Gasteiger partial charge in [-0.3, -0.25) is 9.59 Å². The summed E-state index contributed by atoms with van der Waals surface area (Å²) in [5.41, 5.74) is 1.64. The maximum Gasteiger partial charge on any atom is 0.337 e. The van der Waals surface area contributed by atoms with Gasteiger partial charge in [-0.2, -0.15) is 0 Å². The van der Waals surface area contributed by atoms with Crippen LogP contribution in [0.1, 0.15) is 46.0 Å². The van der Waals surface area contributed by atoms with E-state index in [0.29, 0.717) is 25.1 Å². The minimum atomic E-state index is -3.78. The Hall–Kier alpha value is -3.73. The van der Waals surface area contributed by atoms with E-state index in [0.717, 1.165) is 5.56 Å². The lowest BCUT2D eigenvalue weighted by molar-refractivity contribution is -0.118. The van der Waals surface area contributed by atoms with Gasteiger partial charge in [-0.1, -0.05) is 6.92 Å². The largest absolute Gasteiger partial charge is 0.465 e. The van der Waals surface area contributed by atoms with Gasteiger partial charge in [0.2, 0.25) is 11.8 Å². The molecule has 186 valence electrons. The summed E-state index contributed by atoms with van der Waals surface area (Å²) < 4.78 is 35.0. The third-order valence-corrected chi connectivity index (χ3v) is 7.28. The van der Waals surface area contributed by atoms with Gasteiger partial charge in [-0.15, -0.1) is 0 Å². The number of hydrogen-bond acceptors (Lipinski definition) is 8. The summed E-state index contributed by atoms with van der Waals surface area (Å²) in [6, 6.07) is 8.50. The van der Waals surface area contributed by atoms with E-state index in [2.05, 4.69) is 14.8 Å². The summed E-state index contributed by atoms with van der Waals surface area (Å²) in [6.07, 6.45) is 0.568. The zero-order valence-corrected chi connectivity index (χ0v) is 20.4. The predicted molar refractivity (Wildman–Crippen MR) is 127 cm³/mol. The standard InChI is InChI=1S/C24H26N2O8S/c1-4-22(28)26-9-7-15-14-19(5-6-20(15)26)35(31,32)10-8-21(27)25-18-12-16(23(29)33-2)11-17(13-18)24(30)34-3/h5-6,11-14H,4,7-10H2,1-3H3,(H,25,27). The molecule has 1 aliphatic rings. The van der Waals surface area contributed by atoms with E-state index < -0.39 is 33.4 Å². The smallest absolute Gasteiger partial charge is 0.337 e. The van der Waals surface area contributed by atoms with Crippen molar-refractivity contribution in [3.05, 3.63) is 53.1 Å². The van der Waals surface area contributed by atoms with Crippen LogP contribution in [-0.2, 0) is 35.3 Å². The van der Waals surface area contributed by atoms with Gasteiger partial charge < -0.3 is 19.7 Å². The highest BCUT2D eigenvalue weighted by molar-refractivity contribution is 7.91. The van der Waals surface area contributed by atoms with E-state index in [1.54, 1.807) is 24.0 Å². The fraction of sp³-hybridized carbons (Fsp3) is 0.333. The summed E-state index contributed by atoms with van der Waals surface area (Å²) in [5, 5.41) is 2.51. The van der Waals surface area contributed by atoms with Crippen LogP contribution in [0.5, 0.6) is 0 Å². The quantitative estimate of drug-likeness (QED) is 0.544. The molecule has 0 radical (unpaired) electrons. The average Bonchev–Trinajstić information content (AvgIpc) is 3.29. The Morgan fingerprint density at radius 1 is 0.971 bits per heavy atom. The normalized spacial score (nSPS) is 12.6. The van der Waals surface area contributed by atoms with Crippen molar-refractivity contribution in [2.75, 3.05) is 36.7 Å². The number of carbonyl (C=O) groups is 4. The molecule has 11 heteroatoms. The molecule has 0 atom stereocenters. The predicted octanol–water partition coefficient (Wildman–Crippen LogP) is 2.36. The molecule has 2 aromatic rings. The zero-order chi connectivity index (χ0) is 25.8. The monoisotopic (exact) mass is 502 g/mol. The first-order valence-electron chi connectivity index (χ1n) is 10.9. The Morgan fingerprint density at radius 3 is 2.17 bits per heavy atom. The number of anilines is 2. The fourth-order valence-corrected chi connectivity index (χ4v) is 5.05. The first kappa shape index (κ1) is 25.9. The Balaban J connectivity index is 1.71. The van der Waals surface area contributed by atoms with Crippen LogP contribution < -0.4 is 10.2 Å². The molecule has 2 amide bonds. The summed E-state index contributed by atoms with van der Waals surface area (Å²) in [7, 11) is -1.43. The number of methoxy groups -OCH3 is 2. The summed E-state index contributed by atoms with van der Waals surface area (Å²) in [4.78, 5) is 50.0. The van der Waals surface area contributed by atoms with Crippen molar-refractivity contribution in [3.63, 3.8) is 0 Å². The lowest BCUT2D eigenvalue weighted by atomic mass is 10.1. The van der Waals surface area contributed by atoms with Crippen molar-refractivity contribution in [2.45, 2.75) is 31.1 Å². The van der Waals surface area contributed by atoms with E-state index >= 15 is 0 Å². The Morgan fingerprint density at radius 2 is 1.60 bits per heavy atom. The second-order valence-electron chi connectivity index (χ2n) is 7.84. The second kappa shape index (κ2) is 10.7. The van der Waals surface area contributed by atoms with Crippen LogP contribution in [0, 0.1) is 0 Å². The Labute approximate surface area is 203 Å². The number of benzene rings is 2. The summed E-state index contributed by atoms with van der Waals surface area (Å²) >= 11 is 0. The van der Waals surface area contributed by atoms with Crippen LogP contribution >= 0.6 is 0 Å². The Kier molecular flexibility index (Phi) is 7.90. The van der Waals surface area contributed by atoms with E-state index in [1.165, 1.54) is 38.5 Å². The van der Waals surface area contributed by atoms with E-state index in [4.69, 9.17) is 0 Å². The van der Waals surface area contributed by atoms with Crippen molar-refractivity contribution in [2.24, 2.45) is 0 Å². The van der Waals surface area contributed by atoms with E-state index in [-0.39, 0.29) is 34.0 Å². The molecule has 0 aliphatic carbocycles.